The molecule has 1 N–H and O–H groups in total. The van der Waals surface area contributed by atoms with Crippen LogP contribution in [-0.2, 0) is 4.79 Å². The number of aliphatic carboxylic acids is 1. The van der Waals surface area contributed by atoms with E-state index in [0.29, 0.717) is 6.42 Å². The number of hydrogen-bond acceptors (Lipinski definition) is 2. The Morgan fingerprint density at radius 2 is 1.84 bits per heavy atom. The molecule has 1 aromatic heterocycles. The summed E-state index contributed by atoms with van der Waals surface area (Å²) >= 11 is 0. The van der Waals surface area contributed by atoms with Crippen molar-refractivity contribution in [2.75, 3.05) is 0 Å². The Balaban J connectivity index is 2.28. The van der Waals surface area contributed by atoms with Crippen LogP contribution in [0.4, 0.5) is 0 Å². The van der Waals surface area contributed by atoms with Gasteiger partial charge in [0, 0.05) is 12.4 Å². The second kappa shape index (κ2) is 9.31. The first-order valence-electron chi connectivity index (χ1n) is 6.99. The minimum atomic E-state index is -0.738. The van der Waals surface area contributed by atoms with Gasteiger partial charge in [0.2, 0.25) is 0 Å². The van der Waals surface area contributed by atoms with Gasteiger partial charge in [-0.05, 0) is 37.0 Å². The highest BCUT2D eigenvalue weighted by atomic mass is 16.4. The minimum Gasteiger partial charge on any atom is -0.481 e. The van der Waals surface area contributed by atoms with Crippen molar-refractivity contribution < 1.29 is 9.90 Å². The quantitative estimate of drug-likeness (QED) is 0.508. The van der Waals surface area contributed by atoms with Crippen LogP contribution in [0.15, 0.2) is 37.2 Å². The topological polar surface area (TPSA) is 50.2 Å². The molecule has 0 saturated carbocycles. The predicted octanol–water partition coefficient (Wildman–Crippen LogP) is 4.17. The van der Waals surface area contributed by atoms with E-state index in [0.717, 1.165) is 24.8 Å². The lowest BCUT2D eigenvalue weighted by molar-refractivity contribution is -0.139. The van der Waals surface area contributed by atoms with Crippen LogP contribution in [0, 0.1) is 0 Å². The van der Waals surface area contributed by atoms with Gasteiger partial charge in [0.25, 0.3) is 0 Å². The summed E-state index contributed by atoms with van der Waals surface area (Å²) in [6.45, 7) is 3.70. The molecule has 104 valence electrons. The Hall–Kier alpha value is -1.64. The van der Waals surface area contributed by atoms with Gasteiger partial charge in [0.15, 0.2) is 0 Å². The standard InChI is InChI=1S/C16H23NO2/c1-2-3-4-5-6-7-8-9-15(16(18)19)14-10-12-17-13-11-14/h2,10-13,15H,1,3-9H2,(H,18,19). The van der Waals surface area contributed by atoms with Crippen LogP contribution >= 0.6 is 0 Å². The van der Waals surface area contributed by atoms with Crippen LogP contribution in [0.5, 0.6) is 0 Å². The SMILES string of the molecule is C=CCCCCCCCC(C(=O)O)c1ccncc1. The molecule has 0 aliphatic rings. The lowest BCUT2D eigenvalue weighted by Gasteiger charge is -2.12. The zero-order valence-corrected chi connectivity index (χ0v) is 11.4. The summed E-state index contributed by atoms with van der Waals surface area (Å²) in [4.78, 5) is 15.2. The fraction of sp³-hybridized carbons (Fsp3) is 0.500. The normalized spacial score (nSPS) is 12.0. The third-order valence-electron chi connectivity index (χ3n) is 3.31. The van der Waals surface area contributed by atoms with Crippen molar-refractivity contribution in [3.05, 3.63) is 42.7 Å². The summed E-state index contributed by atoms with van der Waals surface area (Å²) in [5, 5.41) is 9.27. The summed E-state index contributed by atoms with van der Waals surface area (Å²) < 4.78 is 0. The average Bonchev–Trinajstić information content (AvgIpc) is 2.42. The Bertz CT molecular complexity index is 376. The van der Waals surface area contributed by atoms with Crippen molar-refractivity contribution in [1.29, 1.82) is 0 Å². The van der Waals surface area contributed by atoms with Crippen molar-refractivity contribution in [2.45, 2.75) is 50.9 Å². The molecule has 1 aromatic rings. The van der Waals surface area contributed by atoms with Crippen LogP contribution in [0.25, 0.3) is 0 Å². The van der Waals surface area contributed by atoms with Crippen LogP contribution in [-0.4, -0.2) is 16.1 Å². The smallest absolute Gasteiger partial charge is 0.310 e. The highest BCUT2D eigenvalue weighted by Gasteiger charge is 2.18. The number of carboxylic acids is 1. The van der Waals surface area contributed by atoms with Crippen molar-refractivity contribution in [3.63, 3.8) is 0 Å². The van der Waals surface area contributed by atoms with Crippen molar-refractivity contribution >= 4 is 5.97 Å². The molecule has 0 radical (unpaired) electrons. The maximum Gasteiger partial charge on any atom is 0.310 e. The van der Waals surface area contributed by atoms with Gasteiger partial charge < -0.3 is 5.11 Å². The number of carbonyl (C=O) groups is 1. The average molecular weight is 261 g/mol. The molecule has 1 rings (SSSR count). The molecule has 0 spiro atoms. The van der Waals surface area contributed by atoms with Gasteiger partial charge in [-0.2, -0.15) is 0 Å². The lowest BCUT2D eigenvalue weighted by Crippen LogP contribution is -2.11. The van der Waals surface area contributed by atoms with Gasteiger partial charge in [-0.25, -0.2) is 0 Å². The molecule has 1 atom stereocenters. The maximum atomic E-state index is 11.3. The summed E-state index contributed by atoms with van der Waals surface area (Å²) in [6.07, 6.45) is 12.7. The second-order valence-corrected chi connectivity index (χ2v) is 4.81. The first-order chi connectivity index (χ1) is 9.25. The van der Waals surface area contributed by atoms with Crippen molar-refractivity contribution in [1.82, 2.24) is 4.98 Å². The molecule has 1 unspecified atom stereocenters. The van der Waals surface area contributed by atoms with E-state index in [1.807, 2.05) is 6.08 Å². The number of allylic oxidation sites excluding steroid dienone is 1. The maximum absolute atomic E-state index is 11.3. The molecular formula is C16H23NO2. The van der Waals surface area contributed by atoms with Gasteiger partial charge in [0.1, 0.15) is 0 Å². The third kappa shape index (κ3) is 6.18. The van der Waals surface area contributed by atoms with E-state index >= 15 is 0 Å². The second-order valence-electron chi connectivity index (χ2n) is 4.81. The van der Waals surface area contributed by atoms with Gasteiger partial charge in [-0.3, -0.25) is 9.78 Å². The van der Waals surface area contributed by atoms with E-state index < -0.39 is 11.9 Å². The molecule has 0 bridgehead atoms. The molecule has 3 nitrogen and oxygen atoms in total. The van der Waals surface area contributed by atoms with Crippen LogP contribution in [0.2, 0.25) is 0 Å². The molecule has 1 heterocycles. The number of pyridine rings is 1. The summed E-state index contributed by atoms with van der Waals surface area (Å²) in [5.41, 5.74) is 0.856. The summed E-state index contributed by atoms with van der Waals surface area (Å²) in [5.74, 6) is -1.13. The Labute approximate surface area is 115 Å². The van der Waals surface area contributed by atoms with E-state index in [2.05, 4.69) is 11.6 Å². The molecule has 0 saturated heterocycles. The molecule has 0 fully saturated rings. The third-order valence-corrected chi connectivity index (χ3v) is 3.31. The van der Waals surface area contributed by atoms with Gasteiger partial charge in [0.05, 0.1) is 5.92 Å². The van der Waals surface area contributed by atoms with E-state index in [9.17, 15) is 9.90 Å². The van der Waals surface area contributed by atoms with E-state index in [-0.39, 0.29) is 0 Å². The predicted molar refractivity (Wildman–Crippen MR) is 77.1 cm³/mol. The fourth-order valence-corrected chi connectivity index (χ4v) is 2.20. The first-order valence-corrected chi connectivity index (χ1v) is 6.99. The number of carboxylic acid groups (broad SMARTS) is 1. The highest BCUT2D eigenvalue weighted by molar-refractivity contribution is 5.75. The number of unbranched alkanes of at least 4 members (excludes halogenated alkanes) is 5. The molecule has 19 heavy (non-hydrogen) atoms. The molecule has 3 heteroatoms. The zero-order chi connectivity index (χ0) is 13.9. The lowest BCUT2D eigenvalue weighted by atomic mass is 9.94. The molecular weight excluding hydrogens is 238 g/mol. The van der Waals surface area contributed by atoms with E-state index in [1.165, 1.54) is 19.3 Å². The molecule has 0 aliphatic heterocycles. The number of nitrogens with zero attached hydrogens (tertiary/aromatic N) is 1. The first kappa shape index (κ1) is 15.4. The highest BCUT2D eigenvalue weighted by Crippen LogP contribution is 2.22. The minimum absolute atomic E-state index is 0.392. The van der Waals surface area contributed by atoms with E-state index in [4.69, 9.17) is 0 Å². The van der Waals surface area contributed by atoms with Crippen LogP contribution in [0.3, 0.4) is 0 Å². The number of hydrogen-bond donors (Lipinski definition) is 1. The fourth-order valence-electron chi connectivity index (χ4n) is 2.20. The molecule has 0 aliphatic carbocycles. The van der Waals surface area contributed by atoms with Gasteiger partial charge >= 0.3 is 5.97 Å². The van der Waals surface area contributed by atoms with Crippen LogP contribution in [0.1, 0.15) is 56.4 Å². The number of aromatic nitrogens is 1. The Morgan fingerprint density at radius 3 is 2.47 bits per heavy atom. The summed E-state index contributed by atoms with van der Waals surface area (Å²) in [6, 6.07) is 3.59. The van der Waals surface area contributed by atoms with Gasteiger partial charge in [-0.1, -0.05) is 31.8 Å². The monoisotopic (exact) mass is 261 g/mol. The zero-order valence-electron chi connectivity index (χ0n) is 11.4. The van der Waals surface area contributed by atoms with E-state index in [1.54, 1.807) is 24.5 Å². The van der Waals surface area contributed by atoms with Crippen molar-refractivity contribution in [3.8, 4) is 0 Å². The molecule has 0 aromatic carbocycles. The Kier molecular flexibility index (Phi) is 7.56. The summed E-state index contributed by atoms with van der Waals surface area (Å²) in [7, 11) is 0. The molecule has 0 amide bonds. The largest absolute Gasteiger partial charge is 0.481 e. The van der Waals surface area contributed by atoms with Crippen molar-refractivity contribution in [2.24, 2.45) is 0 Å². The van der Waals surface area contributed by atoms with Gasteiger partial charge in [-0.15, -0.1) is 6.58 Å². The Morgan fingerprint density at radius 1 is 1.21 bits per heavy atom. The van der Waals surface area contributed by atoms with Crippen LogP contribution < -0.4 is 0 Å². The number of rotatable bonds is 10.